The van der Waals surface area contributed by atoms with E-state index >= 15 is 0 Å². The van der Waals surface area contributed by atoms with E-state index in [4.69, 9.17) is 0 Å². The van der Waals surface area contributed by atoms with Crippen LogP contribution >= 0.6 is 0 Å². The molecule has 0 N–H and O–H groups in total. The van der Waals surface area contributed by atoms with Crippen LogP contribution in [0, 0.1) is 6.92 Å². The Morgan fingerprint density at radius 3 is 2.44 bits per heavy atom. The Labute approximate surface area is 96.7 Å². The molecule has 1 aromatic heterocycles. The largest absolute Gasteiger partial charge is 1.00 e. The fourth-order valence-corrected chi connectivity index (χ4v) is 0.454. The van der Waals surface area contributed by atoms with Crippen LogP contribution in [0.15, 0.2) is 18.3 Å². The minimum Gasteiger partial charge on any atom is -0.859 e. The monoisotopic (exact) mass is 147 g/mol. The number of aromatic nitrogens is 1. The summed E-state index contributed by atoms with van der Waals surface area (Å²) in [6.07, 6.45) is 1.56. The summed E-state index contributed by atoms with van der Waals surface area (Å²) in [6, 6.07) is 3.20. The SMILES string of the molecule is Cc1ccc([O-])nc1.[K+]. The van der Waals surface area contributed by atoms with Crippen molar-refractivity contribution in [3.8, 4) is 5.88 Å². The van der Waals surface area contributed by atoms with Gasteiger partial charge in [0.2, 0.25) is 0 Å². The van der Waals surface area contributed by atoms with Crippen molar-refractivity contribution >= 4 is 0 Å². The van der Waals surface area contributed by atoms with Crippen LogP contribution in [0.3, 0.4) is 0 Å². The van der Waals surface area contributed by atoms with Crippen molar-refractivity contribution in [2.45, 2.75) is 6.92 Å². The first kappa shape index (κ1) is 9.59. The van der Waals surface area contributed by atoms with Crippen molar-refractivity contribution in [1.82, 2.24) is 4.98 Å². The zero-order valence-electron chi connectivity index (χ0n) is 5.59. The molecule has 0 unspecified atom stereocenters. The minimum absolute atomic E-state index is 0. The van der Waals surface area contributed by atoms with E-state index in [1.54, 1.807) is 12.3 Å². The smallest absolute Gasteiger partial charge is 0.859 e. The second-order valence-electron chi connectivity index (χ2n) is 1.67. The van der Waals surface area contributed by atoms with Crippen LogP contribution in [0.25, 0.3) is 0 Å². The van der Waals surface area contributed by atoms with Crippen LogP contribution < -0.4 is 56.5 Å². The van der Waals surface area contributed by atoms with E-state index in [1.807, 2.05) is 6.92 Å². The molecule has 0 aliphatic carbocycles. The average Bonchev–Trinajstić information content (AvgIpc) is 1.77. The maximum atomic E-state index is 10.3. The summed E-state index contributed by atoms with van der Waals surface area (Å²) in [5, 5.41) is 10.3. The Balaban J connectivity index is 0.000000640. The van der Waals surface area contributed by atoms with Gasteiger partial charge in [0.25, 0.3) is 0 Å². The summed E-state index contributed by atoms with van der Waals surface area (Å²) < 4.78 is 0. The van der Waals surface area contributed by atoms with Crippen LogP contribution in [0.4, 0.5) is 0 Å². The second-order valence-corrected chi connectivity index (χ2v) is 1.67. The third kappa shape index (κ3) is 3.32. The van der Waals surface area contributed by atoms with Crippen molar-refractivity contribution in [3.63, 3.8) is 0 Å². The predicted octanol–water partition coefficient (Wildman–Crippen LogP) is -2.53. The first-order chi connectivity index (χ1) is 3.79. The normalized spacial score (nSPS) is 8.11. The van der Waals surface area contributed by atoms with E-state index in [1.165, 1.54) is 6.07 Å². The molecule has 3 heteroatoms. The fourth-order valence-electron chi connectivity index (χ4n) is 0.454. The van der Waals surface area contributed by atoms with E-state index in [2.05, 4.69) is 4.98 Å². The Kier molecular flexibility index (Phi) is 4.70. The van der Waals surface area contributed by atoms with Gasteiger partial charge in [0.05, 0.1) is 0 Å². The topological polar surface area (TPSA) is 36.0 Å². The third-order valence-corrected chi connectivity index (χ3v) is 0.884. The first-order valence-corrected chi connectivity index (χ1v) is 2.39. The van der Waals surface area contributed by atoms with Gasteiger partial charge < -0.3 is 5.11 Å². The number of pyridine rings is 1. The Hall–Kier alpha value is 0.586. The second kappa shape index (κ2) is 4.41. The Bertz CT molecular complexity index is 152. The number of rotatable bonds is 0. The summed E-state index contributed by atoms with van der Waals surface area (Å²) in [6.45, 7) is 1.90. The minimum atomic E-state index is -0.171. The molecule has 0 amide bonds. The zero-order chi connectivity index (χ0) is 5.98. The Morgan fingerprint density at radius 2 is 2.11 bits per heavy atom. The molecule has 1 aromatic rings. The molecule has 0 aromatic carbocycles. The summed E-state index contributed by atoms with van der Waals surface area (Å²) >= 11 is 0. The molecule has 1 rings (SSSR count). The van der Waals surface area contributed by atoms with Crippen LogP contribution in [-0.4, -0.2) is 4.98 Å². The van der Waals surface area contributed by atoms with Crippen molar-refractivity contribution in [1.29, 1.82) is 0 Å². The van der Waals surface area contributed by atoms with Crippen molar-refractivity contribution in [2.75, 3.05) is 0 Å². The van der Waals surface area contributed by atoms with Gasteiger partial charge in [-0.1, -0.05) is 12.1 Å². The van der Waals surface area contributed by atoms with Crippen molar-refractivity contribution in [2.24, 2.45) is 0 Å². The van der Waals surface area contributed by atoms with Crippen LogP contribution in [0.1, 0.15) is 5.56 Å². The third-order valence-electron chi connectivity index (χ3n) is 0.884. The van der Waals surface area contributed by atoms with Gasteiger partial charge in [-0.05, 0) is 18.4 Å². The molecule has 2 nitrogen and oxygen atoms in total. The number of aryl methyl sites for hydroxylation is 1. The molecule has 0 aliphatic rings. The number of nitrogens with zero attached hydrogens (tertiary/aromatic N) is 1. The molecule has 0 atom stereocenters. The van der Waals surface area contributed by atoms with Gasteiger partial charge in [-0.2, -0.15) is 0 Å². The quantitative estimate of drug-likeness (QED) is 0.379. The van der Waals surface area contributed by atoms with Gasteiger partial charge in [0, 0.05) is 6.20 Å². The zero-order valence-corrected chi connectivity index (χ0v) is 8.71. The van der Waals surface area contributed by atoms with E-state index < -0.39 is 0 Å². The van der Waals surface area contributed by atoms with Gasteiger partial charge >= 0.3 is 51.4 Å². The number of hydrogen-bond donors (Lipinski definition) is 0. The van der Waals surface area contributed by atoms with Gasteiger partial charge in [-0.15, -0.1) is 0 Å². The maximum absolute atomic E-state index is 10.3. The van der Waals surface area contributed by atoms with Gasteiger partial charge in [-0.3, -0.25) is 4.98 Å². The van der Waals surface area contributed by atoms with E-state index in [-0.39, 0.29) is 57.3 Å². The molecule has 1 heterocycles. The molecule has 9 heavy (non-hydrogen) atoms. The summed E-state index contributed by atoms with van der Waals surface area (Å²) in [7, 11) is 0. The van der Waals surface area contributed by atoms with Crippen LogP contribution in [0.5, 0.6) is 5.88 Å². The molecular formula is C6H6KNO. The molecule has 0 radical (unpaired) electrons. The summed E-state index contributed by atoms with van der Waals surface area (Å²) in [5.41, 5.74) is 1.02. The fraction of sp³-hybridized carbons (Fsp3) is 0.167. The van der Waals surface area contributed by atoms with E-state index in [0.29, 0.717) is 0 Å². The average molecular weight is 147 g/mol. The van der Waals surface area contributed by atoms with E-state index in [9.17, 15) is 5.11 Å². The molecule has 0 fully saturated rings. The van der Waals surface area contributed by atoms with Gasteiger partial charge in [0.15, 0.2) is 0 Å². The molecular weight excluding hydrogens is 141 g/mol. The molecule has 0 bridgehead atoms. The van der Waals surface area contributed by atoms with Gasteiger partial charge in [-0.25, -0.2) is 0 Å². The van der Waals surface area contributed by atoms with E-state index in [0.717, 1.165) is 5.56 Å². The summed E-state index contributed by atoms with van der Waals surface area (Å²) in [5.74, 6) is -0.171. The first-order valence-electron chi connectivity index (χ1n) is 2.39. The molecule has 0 spiro atoms. The summed E-state index contributed by atoms with van der Waals surface area (Å²) in [4.78, 5) is 3.52. The Morgan fingerprint density at radius 1 is 1.44 bits per heavy atom. The van der Waals surface area contributed by atoms with Gasteiger partial charge in [0.1, 0.15) is 0 Å². The molecule has 0 saturated carbocycles. The standard InChI is InChI=1S/C6H7NO.K/c1-5-2-3-6(8)7-4-5;/h2-4H,1H3,(H,7,8);/q;+1/p-1. The van der Waals surface area contributed by atoms with Crippen molar-refractivity contribution < 1.29 is 56.5 Å². The molecule has 42 valence electrons. The van der Waals surface area contributed by atoms with Crippen molar-refractivity contribution in [3.05, 3.63) is 23.9 Å². The maximum Gasteiger partial charge on any atom is 1.00 e. The van der Waals surface area contributed by atoms with Crippen LogP contribution in [-0.2, 0) is 0 Å². The number of hydrogen-bond acceptors (Lipinski definition) is 2. The predicted molar refractivity (Wildman–Crippen MR) is 28.4 cm³/mol. The molecule has 0 aliphatic heterocycles. The molecule has 0 saturated heterocycles. The van der Waals surface area contributed by atoms with Crippen LogP contribution in [0.2, 0.25) is 0 Å².